The molecule has 3 nitrogen and oxygen atoms in total. The van der Waals surface area contributed by atoms with Gasteiger partial charge in [-0.25, -0.2) is 4.98 Å². The second-order valence-electron chi connectivity index (χ2n) is 3.29. The molecular weight excluding hydrogens is 222 g/mol. The van der Waals surface area contributed by atoms with E-state index in [1.54, 1.807) is 36.8 Å². The van der Waals surface area contributed by atoms with Gasteiger partial charge in [-0.1, -0.05) is 0 Å². The van der Waals surface area contributed by atoms with E-state index in [1.165, 1.54) is 0 Å². The zero-order valence-corrected chi connectivity index (χ0v) is 9.66. The van der Waals surface area contributed by atoms with Gasteiger partial charge in [0.25, 0.3) is 0 Å². The molecule has 2 rings (SSSR count). The molecule has 0 saturated heterocycles. The number of thiophene rings is 1. The van der Waals surface area contributed by atoms with Crippen LogP contribution in [0.1, 0.15) is 16.1 Å². The Bertz CT molecular complexity index is 480. The molecule has 82 valence electrons. The zero-order chi connectivity index (χ0) is 11.4. The molecule has 0 aliphatic heterocycles. The molecule has 2 aromatic heterocycles. The first-order chi connectivity index (χ1) is 7.81. The first kappa shape index (κ1) is 10.8. The Morgan fingerprint density at radius 1 is 1.50 bits per heavy atom. The van der Waals surface area contributed by atoms with Gasteiger partial charge >= 0.3 is 0 Å². The number of nitrogens with zero attached hydrogens (tertiary/aromatic N) is 1. The summed E-state index contributed by atoms with van der Waals surface area (Å²) < 4.78 is 5.10. The van der Waals surface area contributed by atoms with Crippen molar-refractivity contribution < 1.29 is 9.53 Å². The first-order valence-electron chi connectivity index (χ1n) is 4.84. The normalized spacial score (nSPS) is 10.1. The maximum Gasteiger partial charge on any atom is 0.189 e. The van der Waals surface area contributed by atoms with Crippen LogP contribution in [-0.4, -0.2) is 17.9 Å². The van der Waals surface area contributed by atoms with Crippen molar-refractivity contribution in [3.05, 3.63) is 46.4 Å². The minimum Gasteiger partial charge on any atom is -0.494 e. The van der Waals surface area contributed by atoms with Crippen LogP contribution >= 0.6 is 11.3 Å². The molecule has 0 saturated carbocycles. The molecule has 16 heavy (non-hydrogen) atoms. The lowest BCUT2D eigenvalue weighted by molar-refractivity contribution is 0.0985. The average Bonchev–Trinajstić information content (AvgIpc) is 2.81. The van der Waals surface area contributed by atoms with Crippen LogP contribution in [0.15, 0.2) is 35.2 Å². The number of ketones is 1. The lowest BCUT2D eigenvalue weighted by Crippen LogP contribution is -2.07. The third-order valence-corrected chi connectivity index (χ3v) is 2.93. The number of ether oxygens (including phenoxy) is 1. The summed E-state index contributed by atoms with van der Waals surface area (Å²) >= 11 is 1.58. The molecule has 2 aromatic rings. The number of hydrogen-bond donors (Lipinski definition) is 0. The summed E-state index contributed by atoms with van der Waals surface area (Å²) in [6.07, 6.45) is 1.97. The maximum atomic E-state index is 12.0. The SMILES string of the molecule is COc1cccnc1C(=O)Cc1ccsc1. The molecule has 0 bridgehead atoms. The highest BCUT2D eigenvalue weighted by Crippen LogP contribution is 2.17. The lowest BCUT2D eigenvalue weighted by Gasteiger charge is -2.04. The number of rotatable bonds is 4. The first-order valence-corrected chi connectivity index (χ1v) is 5.79. The molecule has 0 N–H and O–H groups in total. The third-order valence-electron chi connectivity index (χ3n) is 2.20. The largest absolute Gasteiger partial charge is 0.494 e. The van der Waals surface area contributed by atoms with Crippen molar-refractivity contribution in [3.63, 3.8) is 0 Å². The smallest absolute Gasteiger partial charge is 0.189 e. The van der Waals surface area contributed by atoms with Crippen molar-refractivity contribution in [3.8, 4) is 5.75 Å². The second kappa shape index (κ2) is 4.90. The van der Waals surface area contributed by atoms with Gasteiger partial charge in [0.05, 0.1) is 7.11 Å². The van der Waals surface area contributed by atoms with Crippen molar-refractivity contribution in [2.75, 3.05) is 7.11 Å². The zero-order valence-electron chi connectivity index (χ0n) is 8.84. The Balaban J connectivity index is 2.21. The number of Topliss-reactive ketones (excluding diaryl/α,β-unsaturated/α-hetero) is 1. The fourth-order valence-electron chi connectivity index (χ4n) is 1.43. The molecule has 0 radical (unpaired) electrons. The van der Waals surface area contributed by atoms with E-state index in [1.807, 2.05) is 16.8 Å². The highest BCUT2D eigenvalue weighted by molar-refractivity contribution is 7.08. The summed E-state index contributed by atoms with van der Waals surface area (Å²) in [5, 5.41) is 3.92. The molecule has 0 aliphatic rings. The van der Waals surface area contributed by atoms with Crippen LogP contribution in [0.2, 0.25) is 0 Å². The number of methoxy groups -OCH3 is 1. The second-order valence-corrected chi connectivity index (χ2v) is 4.07. The van der Waals surface area contributed by atoms with Gasteiger partial charge in [0.2, 0.25) is 0 Å². The van der Waals surface area contributed by atoms with Crippen LogP contribution in [0.4, 0.5) is 0 Å². The van der Waals surface area contributed by atoms with E-state index >= 15 is 0 Å². The topological polar surface area (TPSA) is 39.2 Å². The Morgan fingerprint density at radius 2 is 2.38 bits per heavy atom. The highest BCUT2D eigenvalue weighted by Gasteiger charge is 2.13. The number of hydrogen-bond acceptors (Lipinski definition) is 4. The quantitative estimate of drug-likeness (QED) is 0.762. The van der Waals surface area contributed by atoms with Gasteiger partial charge in [-0.3, -0.25) is 4.79 Å². The molecule has 0 atom stereocenters. The fraction of sp³-hybridized carbons (Fsp3) is 0.167. The van der Waals surface area contributed by atoms with Gasteiger partial charge in [-0.05, 0) is 34.5 Å². The van der Waals surface area contributed by atoms with Gasteiger partial charge in [0.1, 0.15) is 11.4 Å². The van der Waals surface area contributed by atoms with Gasteiger partial charge < -0.3 is 4.74 Å². The average molecular weight is 233 g/mol. The van der Waals surface area contributed by atoms with Crippen LogP contribution in [-0.2, 0) is 6.42 Å². The Morgan fingerprint density at radius 3 is 3.06 bits per heavy atom. The summed E-state index contributed by atoms with van der Waals surface area (Å²) in [6.45, 7) is 0. The summed E-state index contributed by atoms with van der Waals surface area (Å²) in [6, 6.07) is 5.44. The Kier molecular flexibility index (Phi) is 3.31. The predicted octanol–water partition coefficient (Wildman–Crippen LogP) is 2.58. The maximum absolute atomic E-state index is 12.0. The standard InChI is InChI=1S/C12H11NO2S/c1-15-11-3-2-5-13-12(11)10(14)7-9-4-6-16-8-9/h2-6,8H,7H2,1H3. The number of aromatic nitrogens is 1. The van der Waals surface area contributed by atoms with E-state index < -0.39 is 0 Å². The van der Waals surface area contributed by atoms with Crippen LogP contribution in [0.3, 0.4) is 0 Å². The van der Waals surface area contributed by atoms with Crippen LogP contribution in [0.25, 0.3) is 0 Å². The molecular formula is C12H11NO2S. The number of pyridine rings is 1. The number of carbonyl (C=O) groups excluding carboxylic acids is 1. The van der Waals surface area contributed by atoms with Gasteiger partial charge in [-0.15, -0.1) is 0 Å². The van der Waals surface area contributed by atoms with Gasteiger partial charge in [0, 0.05) is 12.6 Å². The molecule has 2 heterocycles. The molecule has 0 unspecified atom stereocenters. The van der Waals surface area contributed by atoms with Crippen molar-refractivity contribution in [1.29, 1.82) is 0 Å². The predicted molar refractivity (Wildman–Crippen MR) is 63.1 cm³/mol. The van der Waals surface area contributed by atoms with Gasteiger partial charge in [-0.2, -0.15) is 11.3 Å². The summed E-state index contributed by atoms with van der Waals surface area (Å²) in [4.78, 5) is 16.0. The van der Waals surface area contributed by atoms with Crippen molar-refractivity contribution in [2.24, 2.45) is 0 Å². The van der Waals surface area contributed by atoms with Crippen LogP contribution in [0.5, 0.6) is 5.75 Å². The Hall–Kier alpha value is -1.68. The van der Waals surface area contributed by atoms with E-state index in [9.17, 15) is 4.79 Å². The third kappa shape index (κ3) is 2.28. The molecule has 0 aromatic carbocycles. The van der Waals surface area contributed by atoms with E-state index in [-0.39, 0.29) is 5.78 Å². The highest BCUT2D eigenvalue weighted by atomic mass is 32.1. The summed E-state index contributed by atoms with van der Waals surface area (Å²) in [5.41, 5.74) is 1.42. The summed E-state index contributed by atoms with van der Waals surface area (Å²) in [7, 11) is 1.54. The van der Waals surface area contributed by atoms with E-state index in [0.29, 0.717) is 17.9 Å². The Labute approximate surface area is 97.7 Å². The molecule has 0 spiro atoms. The van der Waals surface area contributed by atoms with Crippen molar-refractivity contribution in [2.45, 2.75) is 6.42 Å². The van der Waals surface area contributed by atoms with Gasteiger partial charge in [0.15, 0.2) is 5.78 Å². The fourth-order valence-corrected chi connectivity index (χ4v) is 2.10. The van der Waals surface area contributed by atoms with Crippen LogP contribution < -0.4 is 4.74 Å². The van der Waals surface area contributed by atoms with E-state index in [4.69, 9.17) is 4.74 Å². The molecule has 4 heteroatoms. The monoisotopic (exact) mass is 233 g/mol. The van der Waals surface area contributed by atoms with E-state index in [2.05, 4.69) is 4.98 Å². The minimum atomic E-state index is -0.0177. The minimum absolute atomic E-state index is 0.0177. The van der Waals surface area contributed by atoms with Crippen molar-refractivity contribution >= 4 is 17.1 Å². The van der Waals surface area contributed by atoms with Crippen molar-refractivity contribution in [1.82, 2.24) is 4.98 Å². The number of carbonyl (C=O) groups is 1. The molecule has 0 fully saturated rings. The molecule has 0 amide bonds. The van der Waals surface area contributed by atoms with Crippen LogP contribution in [0, 0.1) is 0 Å². The summed E-state index contributed by atoms with van der Waals surface area (Å²) in [5.74, 6) is 0.513. The molecule has 0 aliphatic carbocycles. The lowest BCUT2D eigenvalue weighted by atomic mass is 10.1. The van der Waals surface area contributed by atoms with E-state index in [0.717, 1.165) is 5.56 Å².